The maximum Gasteiger partial charge on any atom is 0.393 e. The normalized spacial score (nSPS) is 14.5. The molecule has 0 spiro atoms. The highest BCUT2D eigenvalue weighted by Gasteiger charge is 2.32. The molecule has 2 aromatic carbocycles. The number of carbonyl (C=O) groups excluding carboxylic acids is 1. The van der Waals surface area contributed by atoms with Crippen molar-refractivity contribution in [2.45, 2.75) is 25.4 Å². The molecular formula is C32H33F4N5O3. The van der Waals surface area contributed by atoms with Crippen molar-refractivity contribution in [1.29, 1.82) is 0 Å². The van der Waals surface area contributed by atoms with Gasteiger partial charge in [-0.2, -0.15) is 22.7 Å². The third-order valence-corrected chi connectivity index (χ3v) is 7.26. The first kappa shape index (κ1) is 31.1. The van der Waals surface area contributed by atoms with E-state index in [0.29, 0.717) is 86.9 Å². The number of ether oxygens (including phenoxy) is 2. The lowest BCUT2D eigenvalue weighted by molar-refractivity contribution is -0.135. The van der Waals surface area contributed by atoms with Gasteiger partial charge in [0.1, 0.15) is 6.61 Å². The van der Waals surface area contributed by atoms with Crippen LogP contribution < -0.4 is 10.1 Å². The van der Waals surface area contributed by atoms with Gasteiger partial charge >= 0.3 is 6.18 Å². The number of hydrogen-bond donors (Lipinski definition) is 2. The minimum Gasteiger partial charge on any atom is -0.476 e. The van der Waals surface area contributed by atoms with Crippen molar-refractivity contribution in [3.63, 3.8) is 0 Å². The second-order valence-corrected chi connectivity index (χ2v) is 10.4. The number of nitrogens with one attached hydrogen (secondary N) is 2. The molecule has 0 radical (unpaired) electrons. The van der Waals surface area contributed by atoms with Crippen molar-refractivity contribution in [3.05, 3.63) is 89.5 Å². The van der Waals surface area contributed by atoms with Crippen LogP contribution in [-0.4, -0.2) is 78.2 Å². The predicted molar refractivity (Wildman–Crippen MR) is 158 cm³/mol. The molecule has 232 valence electrons. The van der Waals surface area contributed by atoms with E-state index < -0.39 is 18.5 Å². The quantitative estimate of drug-likeness (QED) is 0.123. The lowest BCUT2D eigenvalue weighted by Gasteiger charge is -2.26. The Morgan fingerprint density at radius 3 is 2.50 bits per heavy atom. The van der Waals surface area contributed by atoms with E-state index in [1.165, 1.54) is 12.3 Å². The predicted octanol–water partition coefficient (Wildman–Crippen LogP) is 5.62. The van der Waals surface area contributed by atoms with Crippen molar-refractivity contribution < 1.29 is 31.8 Å². The molecule has 8 nitrogen and oxygen atoms in total. The van der Waals surface area contributed by atoms with Crippen molar-refractivity contribution >= 4 is 28.0 Å². The van der Waals surface area contributed by atoms with Gasteiger partial charge in [0.05, 0.1) is 30.5 Å². The maximum absolute atomic E-state index is 14.4. The second-order valence-electron chi connectivity index (χ2n) is 10.4. The second kappa shape index (κ2) is 14.5. The van der Waals surface area contributed by atoms with Gasteiger partial charge < -0.3 is 19.7 Å². The minimum atomic E-state index is -4.50. The Balaban J connectivity index is 1.29. The molecule has 44 heavy (non-hydrogen) atoms. The fourth-order valence-corrected chi connectivity index (χ4v) is 5.13. The first-order valence-electron chi connectivity index (χ1n) is 14.4. The number of halogens is 4. The molecule has 4 aromatic rings. The Hall–Kier alpha value is -4.29. The molecule has 3 heterocycles. The summed E-state index contributed by atoms with van der Waals surface area (Å²) in [6, 6.07) is 16.3. The number of aromatic amines is 1. The van der Waals surface area contributed by atoms with Crippen LogP contribution in [0.3, 0.4) is 0 Å². The molecule has 2 aromatic heterocycles. The van der Waals surface area contributed by atoms with Crippen LogP contribution in [0.25, 0.3) is 22.0 Å². The van der Waals surface area contributed by atoms with Gasteiger partial charge in [0.2, 0.25) is 17.7 Å². The van der Waals surface area contributed by atoms with Crippen molar-refractivity contribution in [2.75, 3.05) is 46.0 Å². The maximum atomic E-state index is 14.4. The molecular weight excluding hydrogens is 578 g/mol. The number of H-pyrrole nitrogens is 1. The lowest BCUT2D eigenvalue weighted by Crippen LogP contribution is -2.40. The van der Waals surface area contributed by atoms with Crippen molar-refractivity contribution in [3.8, 4) is 5.88 Å². The number of amides is 1. The number of rotatable bonds is 12. The van der Waals surface area contributed by atoms with Crippen LogP contribution in [0, 0.1) is 5.95 Å². The zero-order valence-corrected chi connectivity index (χ0v) is 24.0. The molecule has 0 atom stereocenters. The van der Waals surface area contributed by atoms with E-state index in [9.17, 15) is 22.4 Å². The number of hydrogen-bond acceptors (Lipinski definition) is 6. The molecule has 2 N–H and O–H groups in total. The molecule has 0 aliphatic carbocycles. The highest BCUT2D eigenvalue weighted by Crippen LogP contribution is 2.40. The van der Waals surface area contributed by atoms with Crippen LogP contribution in [0.2, 0.25) is 0 Å². The van der Waals surface area contributed by atoms with Crippen LogP contribution >= 0.6 is 0 Å². The Bertz CT molecular complexity index is 1570. The van der Waals surface area contributed by atoms with E-state index >= 15 is 0 Å². The first-order valence-corrected chi connectivity index (χ1v) is 14.4. The molecule has 1 aliphatic rings. The third-order valence-electron chi connectivity index (χ3n) is 7.26. The summed E-state index contributed by atoms with van der Waals surface area (Å²) in [4.78, 5) is 18.4. The summed E-state index contributed by atoms with van der Waals surface area (Å²) in [7, 11) is 0. The SMILES string of the molecule is O=C(CCCNCCOc1ccc(C(=C(CC(F)(F)F)c2ccccc2)c2ccc3n[nH]c(F)c3c2)cn1)N1CCOCC1. The van der Waals surface area contributed by atoms with Gasteiger partial charge in [0, 0.05) is 43.9 Å². The number of alkyl halides is 3. The molecule has 1 amide bonds. The minimum absolute atomic E-state index is 0.0353. The Labute approximate surface area is 252 Å². The highest BCUT2D eigenvalue weighted by atomic mass is 19.4. The number of nitrogens with zero attached hydrogens (tertiary/aromatic N) is 3. The van der Waals surface area contributed by atoms with E-state index in [-0.39, 0.29) is 22.4 Å². The fourth-order valence-electron chi connectivity index (χ4n) is 5.13. The average molecular weight is 612 g/mol. The first-order chi connectivity index (χ1) is 21.3. The van der Waals surface area contributed by atoms with Gasteiger partial charge in [-0.3, -0.25) is 9.89 Å². The van der Waals surface area contributed by atoms with Gasteiger partial charge in [-0.05, 0) is 53.4 Å². The third kappa shape index (κ3) is 8.20. The van der Waals surface area contributed by atoms with Crippen LogP contribution in [-0.2, 0) is 9.53 Å². The summed E-state index contributed by atoms with van der Waals surface area (Å²) in [6.45, 7) is 3.93. The van der Waals surface area contributed by atoms with E-state index in [1.54, 1.807) is 54.6 Å². The summed E-state index contributed by atoms with van der Waals surface area (Å²) in [5, 5.41) is 9.58. The molecule has 5 rings (SSSR count). The average Bonchev–Trinajstić information content (AvgIpc) is 3.41. The number of benzene rings is 2. The molecule has 1 saturated heterocycles. The van der Waals surface area contributed by atoms with Crippen LogP contribution in [0.5, 0.6) is 5.88 Å². The van der Waals surface area contributed by atoms with E-state index in [2.05, 4.69) is 20.5 Å². The van der Waals surface area contributed by atoms with E-state index in [0.717, 1.165) is 0 Å². The van der Waals surface area contributed by atoms with Crippen LogP contribution in [0.1, 0.15) is 36.0 Å². The topological polar surface area (TPSA) is 92.4 Å². The zero-order valence-electron chi connectivity index (χ0n) is 24.0. The summed E-state index contributed by atoms with van der Waals surface area (Å²) in [5.41, 5.74) is 1.89. The highest BCUT2D eigenvalue weighted by molar-refractivity contribution is 6.00. The number of fused-ring (bicyclic) bond motifs is 1. The smallest absolute Gasteiger partial charge is 0.393 e. The number of pyridine rings is 1. The summed E-state index contributed by atoms with van der Waals surface area (Å²) >= 11 is 0. The zero-order chi connectivity index (χ0) is 30.9. The Morgan fingerprint density at radius 2 is 1.77 bits per heavy atom. The van der Waals surface area contributed by atoms with Gasteiger partial charge in [-0.1, -0.05) is 36.4 Å². The van der Waals surface area contributed by atoms with Gasteiger partial charge in [0.25, 0.3) is 0 Å². The Kier molecular flexibility index (Phi) is 10.2. The molecule has 1 aliphatic heterocycles. The summed E-state index contributed by atoms with van der Waals surface area (Å²) < 4.78 is 67.2. The number of allylic oxidation sites excluding steroid dienone is 1. The monoisotopic (exact) mass is 611 g/mol. The molecule has 0 saturated carbocycles. The Morgan fingerprint density at radius 1 is 1.00 bits per heavy atom. The van der Waals surface area contributed by atoms with Gasteiger partial charge in [-0.15, -0.1) is 0 Å². The van der Waals surface area contributed by atoms with Crippen molar-refractivity contribution in [2.24, 2.45) is 0 Å². The largest absolute Gasteiger partial charge is 0.476 e. The van der Waals surface area contributed by atoms with E-state index in [4.69, 9.17) is 9.47 Å². The molecule has 1 fully saturated rings. The fraction of sp³-hybridized carbons (Fsp3) is 0.344. The molecule has 0 unspecified atom stereocenters. The van der Waals surface area contributed by atoms with Crippen LogP contribution in [0.4, 0.5) is 17.6 Å². The summed E-state index contributed by atoms with van der Waals surface area (Å²) in [6.07, 6.45) is -3.06. The number of carbonyl (C=O) groups is 1. The number of morpholine rings is 1. The number of aromatic nitrogens is 3. The summed E-state index contributed by atoms with van der Waals surface area (Å²) in [5.74, 6) is -0.229. The standard InChI is InChI=1S/C32H33F4N5O3/c33-31-25-19-23(8-10-27(25)39-40-31)30(26(20-32(34,35)36)22-5-2-1-3-6-22)24-9-11-28(38-21-24)44-16-13-37-12-4-7-29(42)41-14-17-43-18-15-41/h1-3,5-6,8-11,19,21,37H,4,7,12-18,20H2,(H,39,40). The van der Waals surface area contributed by atoms with Gasteiger partial charge in [0.15, 0.2) is 0 Å². The lowest BCUT2D eigenvalue weighted by atomic mass is 9.88. The van der Waals surface area contributed by atoms with Crippen LogP contribution in [0.15, 0.2) is 66.9 Å². The van der Waals surface area contributed by atoms with Crippen molar-refractivity contribution in [1.82, 2.24) is 25.4 Å². The van der Waals surface area contributed by atoms with Gasteiger partial charge in [-0.25, -0.2) is 4.98 Å². The van der Waals surface area contributed by atoms with E-state index in [1.807, 2.05) is 4.90 Å². The molecule has 0 bridgehead atoms. The molecule has 12 heteroatoms.